The normalized spacial score (nSPS) is 14.1. The summed E-state index contributed by atoms with van der Waals surface area (Å²) in [5.41, 5.74) is 0. The molecule has 1 unspecified atom stereocenters. The van der Waals surface area contributed by atoms with Gasteiger partial charge in [-0.25, -0.2) is 0 Å². The van der Waals surface area contributed by atoms with Crippen molar-refractivity contribution in [2.24, 2.45) is 0 Å². The molecule has 62 valence electrons. The van der Waals surface area contributed by atoms with Gasteiger partial charge in [0.25, 0.3) is 0 Å². The van der Waals surface area contributed by atoms with Crippen molar-refractivity contribution in [1.82, 2.24) is 4.90 Å². The van der Waals surface area contributed by atoms with E-state index in [2.05, 4.69) is 25.9 Å². The largest absolute Gasteiger partial charge is 0.306 e. The minimum absolute atomic E-state index is 0.721. The Labute approximate surface area is 69.4 Å². The summed E-state index contributed by atoms with van der Waals surface area (Å²) in [6.07, 6.45) is 3.59. The number of hydrogen-bond donors (Lipinski definition) is 0. The van der Waals surface area contributed by atoms with Crippen molar-refractivity contribution in [3.05, 3.63) is 0 Å². The minimum Gasteiger partial charge on any atom is -0.306 e. The van der Waals surface area contributed by atoms with E-state index in [4.69, 9.17) is 11.6 Å². The summed E-state index contributed by atoms with van der Waals surface area (Å²) in [6, 6.07) is 0.721. The van der Waals surface area contributed by atoms with Gasteiger partial charge in [0.2, 0.25) is 0 Å². The number of halogens is 1. The van der Waals surface area contributed by atoms with Crippen molar-refractivity contribution < 1.29 is 0 Å². The summed E-state index contributed by atoms with van der Waals surface area (Å²) in [5, 5.41) is 0. The Hall–Kier alpha value is 0.250. The predicted molar refractivity (Wildman–Crippen MR) is 47.7 cm³/mol. The zero-order chi connectivity index (χ0) is 7.98. The van der Waals surface area contributed by atoms with Gasteiger partial charge in [-0.05, 0) is 33.4 Å². The molecule has 0 radical (unpaired) electrons. The summed E-state index contributed by atoms with van der Waals surface area (Å²) in [5.74, 6) is 0.796. The van der Waals surface area contributed by atoms with Crippen LogP contribution in [0.5, 0.6) is 0 Å². The number of alkyl halides is 1. The molecule has 0 saturated carbocycles. The van der Waals surface area contributed by atoms with Crippen molar-refractivity contribution in [3.63, 3.8) is 0 Å². The molecule has 0 heterocycles. The van der Waals surface area contributed by atoms with Gasteiger partial charge in [0.15, 0.2) is 0 Å². The van der Waals surface area contributed by atoms with Crippen LogP contribution in [0.15, 0.2) is 0 Å². The molecule has 0 bridgehead atoms. The molecule has 0 rings (SSSR count). The van der Waals surface area contributed by atoms with E-state index in [1.165, 1.54) is 12.8 Å². The third-order valence-electron chi connectivity index (χ3n) is 1.87. The molecule has 1 atom stereocenters. The smallest absolute Gasteiger partial charge is 0.0224 e. The molecule has 0 aromatic rings. The van der Waals surface area contributed by atoms with E-state index in [0.29, 0.717) is 0 Å². The molecule has 0 aromatic heterocycles. The van der Waals surface area contributed by atoms with E-state index < -0.39 is 0 Å². The fourth-order valence-electron chi connectivity index (χ4n) is 1.14. The van der Waals surface area contributed by atoms with Crippen LogP contribution < -0.4 is 0 Å². The van der Waals surface area contributed by atoms with E-state index in [-0.39, 0.29) is 0 Å². The van der Waals surface area contributed by atoms with Crippen LogP contribution in [0.4, 0.5) is 0 Å². The fourth-order valence-corrected chi connectivity index (χ4v) is 1.29. The SMILES string of the molecule is CCC(CCCCl)N(C)C. The molecule has 0 aliphatic carbocycles. The lowest BCUT2D eigenvalue weighted by Crippen LogP contribution is -2.26. The first-order valence-electron chi connectivity index (χ1n) is 3.94. The van der Waals surface area contributed by atoms with E-state index in [9.17, 15) is 0 Å². The maximum atomic E-state index is 5.59. The van der Waals surface area contributed by atoms with Crippen molar-refractivity contribution in [2.45, 2.75) is 32.2 Å². The van der Waals surface area contributed by atoms with Gasteiger partial charge in [0, 0.05) is 11.9 Å². The highest BCUT2D eigenvalue weighted by atomic mass is 35.5. The summed E-state index contributed by atoms with van der Waals surface area (Å²) in [7, 11) is 4.25. The second-order valence-corrected chi connectivity index (χ2v) is 3.23. The molecular weight excluding hydrogens is 146 g/mol. The van der Waals surface area contributed by atoms with Crippen molar-refractivity contribution in [1.29, 1.82) is 0 Å². The van der Waals surface area contributed by atoms with Crippen molar-refractivity contribution in [2.75, 3.05) is 20.0 Å². The lowest BCUT2D eigenvalue weighted by Gasteiger charge is -2.21. The molecule has 1 nitrogen and oxygen atoms in total. The Morgan fingerprint density at radius 2 is 2.00 bits per heavy atom. The number of rotatable bonds is 5. The second-order valence-electron chi connectivity index (χ2n) is 2.86. The number of nitrogens with zero attached hydrogens (tertiary/aromatic N) is 1. The zero-order valence-corrected chi connectivity index (χ0v) is 7.99. The average molecular weight is 164 g/mol. The van der Waals surface area contributed by atoms with Crippen molar-refractivity contribution in [3.8, 4) is 0 Å². The topological polar surface area (TPSA) is 3.24 Å². The lowest BCUT2D eigenvalue weighted by molar-refractivity contribution is 0.270. The molecular formula is C8H18ClN. The van der Waals surface area contributed by atoms with Crippen LogP contribution in [-0.2, 0) is 0 Å². The predicted octanol–water partition coefficient (Wildman–Crippen LogP) is 2.35. The minimum atomic E-state index is 0.721. The molecule has 2 heteroatoms. The first-order chi connectivity index (χ1) is 4.72. The van der Waals surface area contributed by atoms with Crippen LogP contribution in [0.2, 0.25) is 0 Å². The Kier molecular flexibility index (Phi) is 6.14. The Morgan fingerprint density at radius 1 is 1.40 bits per heavy atom. The fraction of sp³-hybridized carbons (Fsp3) is 1.00. The summed E-state index contributed by atoms with van der Waals surface area (Å²) < 4.78 is 0. The highest BCUT2D eigenvalue weighted by Gasteiger charge is 2.06. The molecule has 10 heavy (non-hydrogen) atoms. The maximum Gasteiger partial charge on any atom is 0.0224 e. The van der Waals surface area contributed by atoms with Crippen LogP contribution in [0, 0.1) is 0 Å². The molecule has 0 saturated heterocycles. The Balaban J connectivity index is 3.40. The van der Waals surface area contributed by atoms with Crippen LogP contribution >= 0.6 is 11.6 Å². The molecule has 0 aromatic carbocycles. The summed E-state index contributed by atoms with van der Waals surface area (Å²) >= 11 is 5.59. The van der Waals surface area contributed by atoms with Crippen LogP contribution in [0.1, 0.15) is 26.2 Å². The summed E-state index contributed by atoms with van der Waals surface area (Å²) in [4.78, 5) is 2.27. The first kappa shape index (κ1) is 10.2. The molecule has 0 fully saturated rings. The first-order valence-corrected chi connectivity index (χ1v) is 4.48. The van der Waals surface area contributed by atoms with Gasteiger partial charge in [0.1, 0.15) is 0 Å². The average Bonchev–Trinajstić information content (AvgIpc) is 1.89. The van der Waals surface area contributed by atoms with Gasteiger partial charge in [-0.3, -0.25) is 0 Å². The third kappa shape index (κ3) is 4.13. The van der Waals surface area contributed by atoms with E-state index in [0.717, 1.165) is 18.3 Å². The lowest BCUT2D eigenvalue weighted by atomic mass is 10.1. The highest BCUT2D eigenvalue weighted by molar-refractivity contribution is 6.17. The zero-order valence-electron chi connectivity index (χ0n) is 7.23. The standard InChI is InChI=1S/C8H18ClN/c1-4-8(10(2)3)6-5-7-9/h8H,4-7H2,1-3H3. The summed E-state index contributed by atoms with van der Waals surface area (Å²) in [6.45, 7) is 2.22. The highest BCUT2D eigenvalue weighted by Crippen LogP contribution is 2.07. The van der Waals surface area contributed by atoms with Gasteiger partial charge in [-0.15, -0.1) is 11.6 Å². The van der Waals surface area contributed by atoms with E-state index >= 15 is 0 Å². The molecule has 0 aliphatic heterocycles. The van der Waals surface area contributed by atoms with Gasteiger partial charge < -0.3 is 4.90 Å². The quantitative estimate of drug-likeness (QED) is 0.563. The monoisotopic (exact) mass is 163 g/mol. The van der Waals surface area contributed by atoms with E-state index in [1.54, 1.807) is 0 Å². The molecule has 0 amide bonds. The van der Waals surface area contributed by atoms with Crippen LogP contribution in [0.3, 0.4) is 0 Å². The number of hydrogen-bond acceptors (Lipinski definition) is 1. The van der Waals surface area contributed by atoms with Crippen LogP contribution in [-0.4, -0.2) is 30.9 Å². The van der Waals surface area contributed by atoms with Gasteiger partial charge in [-0.1, -0.05) is 6.92 Å². The molecule has 0 aliphatic rings. The van der Waals surface area contributed by atoms with Gasteiger partial charge in [0.05, 0.1) is 0 Å². The van der Waals surface area contributed by atoms with Crippen molar-refractivity contribution >= 4 is 11.6 Å². The third-order valence-corrected chi connectivity index (χ3v) is 2.14. The second kappa shape index (κ2) is 5.99. The van der Waals surface area contributed by atoms with Gasteiger partial charge >= 0.3 is 0 Å². The molecule has 0 N–H and O–H groups in total. The van der Waals surface area contributed by atoms with E-state index in [1.807, 2.05) is 0 Å². The maximum absolute atomic E-state index is 5.59. The van der Waals surface area contributed by atoms with Gasteiger partial charge in [-0.2, -0.15) is 0 Å². The molecule has 0 spiro atoms. The Morgan fingerprint density at radius 3 is 2.30 bits per heavy atom. The van der Waals surface area contributed by atoms with Crippen LogP contribution in [0.25, 0.3) is 0 Å². The Bertz CT molecular complexity index is 73.7.